The van der Waals surface area contributed by atoms with Crippen LogP contribution in [0, 0.1) is 5.82 Å². The van der Waals surface area contributed by atoms with Crippen LogP contribution in [0.2, 0.25) is 5.02 Å². The van der Waals surface area contributed by atoms with Crippen LogP contribution in [0.4, 0.5) is 15.8 Å². The SMILES string of the molecule is CC(OC(=O)c1cccc(N2CCCC2=O)c1)C(=O)Nc1ccc(F)cc1Cl. The minimum Gasteiger partial charge on any atom is -0.449 e. The van der Waals surface area contributed by atoms with Gasteiger partial charge in [0.1, 0.15) is 5.82 Å². The maximum absolute atomic E-state index is 13.1. The molecule has 2 amide bonds. The van der Waals surface area contributed by atoms with Crippen LogP contribution in [0.1, 0.15) is 30.1 Å². The first-order chi connectivity index (χ1) is 13.3. The van der Waals surface area contributed by atoms with Gasteiger partial charge in [0.05, 0.1) is 16.3 Å². The normalized spacial score (nSPS) is 14.7. The van der Waals surface area contributed by atoms with Crippen molar-refractivity contribution in [2.75, 3.05) is 16.8 Å². The number of carbonyl (C=O) groups is 3. The number of esters is 1. The Kier molecular flexibility index (Phi) is 5.94. The predicted molar refractivity (Wildman–Crippen MR) is 103 cm³/mol. The summed E-state index contributed by atoms with van der Waals surface area (Å²) in [5, 5.41) is 2.53. The summed E-state index contributed by atoms with van der Waals surface area (Å²) >= 11 is 5.88. The molecule has 0 aliphatic carbocycles. The van der Waals surface area contributed by atoms with Gasteiger partial charge in [-0.05, 0) is 49.7 Å². The highest BCUT2D eigenvalue weighted by molar-refractivity contribution is 6.33. The Labute approximate surface area is 166 Å². The fourth-order valence-corrected chi connectivity index (χ4v) is 3.04. The third-order valence-electron chi connectivity index (χ3n) is 4.31. The van der Waals surface area contributed by atoms with Gasteiger partial charge in [-0.25, -0.2) is 9.18 Å². The number of amides is 2. The first-order valence-corrected chi connectivity index (χ1v) is 9.10. The summed E-state index contributed by atoms with van der Waals surface area (Å²) in [5.41, 5.74) is 1.06. The summed E-state index contributed by atoms with van der Waals surface area (Å²) in [5.74, 6) is -1.82. The van der Waals surface area contributed by atoms with E-state index in [4.69, 9.17) is 16.3 Å². The molecule has 1 fully saturated rings. The summed E-state index contributed by atoms with van der Waals surface area (Å²) in [7, 11) is 0. The zero-order valence-electron chi connectivity index (χ0n) is 15.1. The second-order valence-corrected chi connectivity index (χ2v) is 6.77. The van der Waals surface area contributed by atoms with Crippen molar-refractivity contribution in [3.8, 4) is 0 Å². The van der Waals surface area contributed by atoms with E-state index in [9.17, 15) is 18.8 Å². The third kappa shape index (κ3) is 4.48. The topological polar surface area (TPSA) is 75.7 Å². The van der Waals surface area contributed by atoms with Crippen LogP contribution in [0.3, 0.4) is 0 Å². The van der Waals surface area contributed by atoms with Gasteiger partial charge in [-0.3, -0.25) is 9.59 Å². The molecule has 8 heteroatoms. The van der Waals surface area contributed by atoms with Gasteiger partial charge < -0.3 is 15.0 Å². The number of nitrogens with one attached hydrogen (secondary N) is 1. The minimum atomic E-state index is -1.11. The summed E-state index contributed by atoms with van der Waals surface area (Å²) in [4.78, 5) is 38.1. The zero-order chi connectivity index (χ0) is 20.3. The molecule has 1 N–H and O–H groups in total. The number of ether oxygens (including phenoxy) is 1. The number of hydrogen-bond acceptors (Lipinski definition) is 4. The molecule has 146 valence electrons. The molecule has 1 unspecified atom stereocenters. The lowest BCUT2D eigenvalue weighted by atomic mass is 10.2. The maximum atomic E-state index is 13.1. The fourth-order valence-electron chi connectivity index (χ4n) is 2.83. The Hall–Kier alpha value is -2.93. The lowest BCUT2D eigenvalue weighted by Crippen LogP contribution is -2.30. The standard InChI is InChI=1S/C20H18ClFN2O4/c1-12(19(26)23-17-8-7-14(22)11-16(17)21)28-20(27)13-4-2-5-15(10-13)24-9-3-6-18(24)25/h2,4-5,7-8,10-12H,3,6,9H2,1H3,(H,23,26). The van der Waals surface area contributed by atoms with Crippen LogP contribution in [-0.2, 0) is 14.3 Å². The van der Waals surface area contributed by atoms with Crippen LogP contribution in [0.25, 0.3) is 0 Å². The van der Waals surface area contributed by atoms with E-state index in [1.54, 1.807) is 29.2 Å². The molecule has 2 aromatic carbocycles. The molecule has 28 heavy (non-hydrogen) atoms. The number of anilines is 2. The Morgan fingerprint density at radius 2 is 2.04 bits per heavy atom. The van der Waals surface area contributed by atoms with E-state index in [1.807, 2.05) is 0 Å². The van der Waals surface area contributed by atoms with E-state index >= 15 is 0 Å². The van der Waals surface area contributed by atoms with E-state index in [0.717, 1.165) is 18.6 Å². The predicted octanol–water partition coefficient (Wildman–Crippen LogP) is 3.79. The third-order valence-corrected chi connectivity index (χ3v) is 4.62. The molecule has 0 aromatic heterocycles. The van der Waals surface area contributed by atoms with Crippen LogP contribution in [0.5, 0.6) is 0 Å². The van der Waals surface area contributed by atoms with Crippen molar-refractivity contribution in [2.45, 2.75) is 25.9 Å². The zero-order valence-corrected chi connectivity index (χ0v) is 15.8. The molecule has 0 saturated carbocycles. The molecule has 2 aromatic rings. The number of benzene rings is 2. The summed E-state index contributed by atoms with van der Waals surface area (Å²) < 4.78 is 18.3. The van der Waals surface area contributed by atoms with Gasteiger partial charge >= 0.3 is 5.97 Å². The first-order valence-electron chi connectivity index (χ1n) is 8.72. The molecule has 6 nitrogen and oxygen atoms in total. The maximum Gasteiger partial charge on any atom is 0.338 e. The summed E-state index contributed by atoms with van der Waals surface area (Å²) in [6, 6.07) is 10.1. The Morgan fingerprint density at radius 3 is 2.71 bits per heavy atom. The molecule has 3 rings (SSSR count). The van der Waals surface area contributed by atoms with Crippen molar-refractivity contribution in [3.63, 3.8) is 0 Å². The van der Waals surface area contributed by atoms with E-state index in [-0.39, 0.29) is 22.2 Å². The highest BCUT2D eigenvalue weighted by Crippen LogP contribution is 2.24. The van der Waals surface area contributed by atoms with Crippen LogP contribution in [-0.4, -0.2) is 30.4 Å². The molecular formula is C20H18ClFN2O4. The van der Waals surface area contributed by atoms with Crippen molar-refractivity contribution >= 4 is 40.8 Å². The summed E-state index contributed by atoms with van der Waals surface area (Å²) in [6.45, 7) is 2.02. The number of rotatable bonds is 5. The van der Waals surface area contributed by atoms with Crippen molar-refractivity contribution in [3.05, 3.63) is 58.9 Å². The van der Waals surface area contributed by atoms with Crippen LogP contribution in [0.15, 0.2) is 42.5 Å². The smallest absolute Gasteiger partial charge is 0.338 e. The number of hydrogen-bond donors (Lipinski definition) is 1. The molecule has 0 spiro atoms. The minimum absolute atomic E-state index is 0.00874. The quantitative estimate of drug-likeness (QED) is 0.769. The van der Waals surface area contributed by atoms with Crippen LogP contribution >= 0.6 is 11.6 Å². The van der Waals surface area contributed by atoms with Gasteiger partial charge in [0, 0.05) is 18.7 Å². The van der Waals surface area contributed by atoms with Crippen molar-refractivity contribution in [1.29, 1.82) is 0 Å². The molecule has 0 bridgehead atoms. The fraction of sp³-hybridized carbons (Fsp3) is 0.250. The Balaban J connectivity index is 1.65. The Morgan fingerprint density at radius 1 is 1.25 bits per heavy atom. The van der Waals surface area contributed by atoms with Gasteiger partial charge in [-0.1, -0.05) is 17.7 Å². The van der Waals surface area contributed by atoms with Crippen LogP contribution < -0.4 is 10.2 Å². The van der Waals surface area contributed by atoms with Gasteiger partial charge in [-0.15, -0.1) is 0 Å². The number of nitrogens with zero attached hydrogens (tertiary/aromatic N) is 1. The van der Waals surface area contributed by atoms with Gasteiger partial charge in [0.15, 0.2) is 6.10 Å². The largest absolute Gasteiger partial charge is 0.449 e. The van der Waals surface area contributed by atoms with Gasteiger partial charge in [0.2, 0.25) is 5.91 Å². The van der Waals surface area contributed by atoms with E-state index in [1.165, 1.54) is 13.0 Å². The van der Waals surface area contributed by atoms with Gasteiger partial charge in [0.25, 0.3) is 5.91 Å². The average molecular weight is 405 g/mol. The highest BCUT2D eigenvalue weighted by Gasteiger charge is 2.24. The molecule has 1 atom stereocenters. The highest BCUT2D eigenvalue weighted by atomic mass is 35.5. The molecular weight excluding hydrogens is 387 g/mol. The van der Waals surface area contributed by atoms with E-state index in [2.05, 4.69) is 5.32 Å². The Bertz CT molecular complexity index is 934. The number of carbonyl (C=O) groups excluding carboxylic acids is 3. The second kappa shape index (κ2) is 8.39. The van der Waals surface area contributed by atoms with Gasteiger partial charge in [-0.2, -0.15) is 0 Å². The lowest BCUT2D eigenvalue weighted by Gasteiger charge is -2.17. The van der Waals surface area contributed by atoms with E-state index in [0.29, 0.717) is 18.7 Å². The molecule has 1 heterocycles. The average Bonchev–Trinajstić information content (AvgIpc) is 3.10. The second-order valence-electron chi connectivity index (χ2n) is 6.36. The monoisotopic (exact) mass is 404 g/mol. The first kappa shape index (κ1) is 19.8. The molecule has 0 radical (unpaired) electrons. The number of halogens is 2. The van der Waals surface area contributed by atoms with Crippen molar-refractivity contribution < 1.29 is 23.5 Å². The molecule has 1 saturated heterocycles. The molecule has 1 aliphatic rings. The van der Waals surface area contributed by atoms with Crippen molar-refractivity contribution in [1.82, 2.24) is 0 Å². The summed E-state index contributed by atoms with van der Waals surface area (Å²) in [6.07, 6.45) is 0.153. The van der Waals surface area contributed by atoms with Crippen molar-refractivity contribution in [2.24, 2.45) is 0 Å². The van der Waals surface area contributed by atoms with E-state index < -0.39 is 23.8 Å². The molecule has 1 aliphatic heterocycles. The lowest BCUT2D eigenvalue weighted by molar-refractivity contribution is -0.123.